The number of aromatic nitrogens is 1. The van der Waals surface area contributed by atoms with Crippen molar-refractivity contribution in [2.75, 3.05) is 6.54 Å². The van der Waals surface area contributed by atoms with E-state index in [9.17, 15) is 4.79 Å². The van der Waals surface area contributed by atoms with E-state index in [-0.39, 0.29) is 17.7 Å². The molecule has 2 atom stereocenters. The van der Waals surface area contributed by atoms with E-state index in [0.717, 1.165) is 5.01 Å². The summed E-state index contributed by atoms with van der Waals surface area (Å²) < 4.78 is 0. The van der Waals surface area contributed by atoms with Crippen molar-refractivity contribution in [3.63, 3.8) is 0 Å². The molecule has 16 heavy (non-hydrogen) atoms. The predicted molar refractivity (Wildman–Crippen MR) is 66.4 cm³/mol. The molecule has 5 heteroatoms. The topological polar surface area (TPSA) is 68.0 Å². The smallest absolute Gasteiger partial charge is 0.237 e. The summed E-state index contributed by atoms with van der Waals surface area (Å²) in [4.78, 5) is 15.8. The second-order valence-electron chi connectivity index (χ2n) is 4.29. The Balaban J connectivity index is 2.37. The first-order valence-electron chi connectivity index (χ1n) is 5.45. The highest BCUT2D eigenvalue weighted by molar-refractivity contribution is 7.09. The van der Waals surface area contributed by atoms with Gasteiger partial charge in [-0.3, -0.25) is 4.79 Å². The zero-order valence-corrected chi connectivity index (χ0v) is 10.8. The minimum Gasteiger partial charge on any atom is -0.354 e. The normalized spacial score (nSPS) is 14.8. The maximum atomic E-state index is 11.6. The Bertz CT molecular complexity index is 324. The summed E-state index contributed by atoms with van der Waals surface area (Å²) in [5, 5.41) is 5.83. The molecule has 0 spiro atoms. The lowest BCUT2D eigenvalue weighted by molar-refractivity contribution is -0.123. The first-order chi connectivity index (χ1) is 7.52. The zero-order valence-electron chi connectivity index (χ0n) is 9.93. The van der Waals surface area contributed by atoms with Gasteiger partial charge in [-0.25, -0.2) is 4.98 Å². The monoisotopic (exact) mass is 241 g/mol. The summed E-state index contributed by atoms with van der Waals surface area (Å²) in [6.45, 7) is 6.51. The van der Waals surface area contributed by atoms with Crippen LogP contribution in [0, 0.1) is 5.92 Å². The molecule has 0 bridgehead atoms. The van der Waals surface area contributed by atoms with E-state index in [1.807, 2.05) is 26.2 Å². The first kappa shape index (κ1) is 13.1. The Morgan fingerprint density at radius 1 is 1.56 bits per heavy atom. The van der Waals surface area contributed by atoms with Crippen LogP contribution in [0.3, 0.4) is 0 Å². The first-order valence-corrected chi connectivity index (χ1v) is 6.33. The molecule has 0 saturated heterocycles. The Morgan fingerprint density at radius 2 is 2.25 bits per heavy atom. The van der Waals surface area contributed by atoms with Gasteiger partial charge in [0, 0.05) is 24.0 Å². The van der Waals surface area contributed by atoms with Crippen molar-refractivity contribution >= 4 is 17.2 Å². The van der Waals surface area contributed by atoms with Gasteiger partial charge in [-0.05, 0) is 5.92 Å². The van der Waals surface area contributed by atoms with Gasteiger partial charge in [-0.15, -0.1) is 11.3 Å². The molecule has 0 saturated carbocycles. The van der Waals surface area contributed by atoms with Crippen molar-refractivity contribution in [3.05, 3.63) is 16.6 Å². The lowest BCUT2D eigenvalue weighted by Gasteiger charge is -2.16. The third kappa shape index (κ3) is 3.57. The molecule has 3 N–H and O–H groups in total. The summed E-state index contributed by atoms with van der Waals surface area (Å²) in [7, 11) is 0. The van der Waals surface area contributed by atoms with Crippen LogP contribution in [0.4, 0.5) is 0 Å². The molecule has 1 unspecified atom stereocenters. The second kappa shape index (κ2) is 5.96. The Morgan fingerprint density at radius 3 is 2.75 bits per heavy atom. The van der Waals surface area contributed by atoms with Crippen LogP contribution in [0.1, 0.15) is 31.7 Å². The Labute approximate surface area is 100 Å². The van der Waals surface area contributed by atoms with E-state index in [1.165, 1.54) is 0 Å². The van der Waals surface area contributed by atoms with Gasteiger partial charge in [0.25, 0.3) is 0 Å². The Hall–Kier alpha value is -0.940. The maximum absolute atomic E-state index is 11.6. The average Bonchev–Trinajstić information content (AvgIpc) is 2.77. The van der Waals surface area contributed by atoms with Crippen LogP contribution in [0.5, 0.6) is 0 Å². The van der Waals surface area contributed by atoms with E-state index in [1.54, 1.807) is 17.5 Å². The van der Waals surface area contributed by atoms with Gasteiger partial charge < -0.3 is 11.1 Å². The van der Waals surface area contributed by atoms with Crippen LogP contribution in [0.2, 0.25) is 0 Å². The number of thiazole rings is 1. The molecule has 0 fully saturated rings. The van der Waals surface area contributed by atoms with Gasteiger partial charge in [-0.2, -0.15) is 0 Å². The molecule has 1 rings (SSSR count). The molecule has 4 nitrogen and oxygen atoms in total. The molecule has 0 aliphatic carbocycles. The van der Waals surface area contributed by atoms with E-state index in [4.69, 9.17) is 5.73 Å². The van der Waals surface area contributed by atoms with Crippen molar-refractivity contribution in [3.8, 4) is 0 Å². The van der Waals surface area contributed by atoms with Crippen molar-refractivity contribution in [2.45, 2.75) is 32.7 Å². The number of rotatable bonds is 5. The summed E-state index contributed by atoms with van der Waals surface area (Å²) in [5.41, 5.74) is 5.74. The third-order valence-electron chi connectivity index (χ3n) is 2.48. The summed E-state index contributed by atoms with van der Waals surface area (Å²) >= 11 is 1.60. The van der Waals surface area contributed by atoms with Crippen LogP contribution in [0.25, 0.3) is 0 Å². The van der Waals surface area contributed by atoms with E-state index < -0.39 is 6.04 Å². The molecule has 1 heterocycles. The lowest BCUT2D eigenvalue weighted by Crippen LogP contribution is -2.44. The summed E-state index contributed by atoms with van der Waals surface area (Å²) in [6, 6.07) is -0.427. The fraction of sp³-hybridized carbons (Fsp3) is 0.636. The number of carbonyl (C=O) groups excluding carboxylic acids is 1. The molecule has 1 aromatic rings. The van der Waals surface area contributed by atoms with Crippen LogP contribution in [0.15, 0.2) is 11.6 Å². The quantitative estimate of drug-likeness (QED) is 0.817. The zero-order chi connectivity index (χ0) is 12.1. The van der Waals surface area contributed by atoms with Gasteiger partial charge in [0.1, 0.15) is 0 Å². The lowest BCUT2D eigenvalue weighted by atomic mass is 10.0. The fourth-order valence-corrected chi connectivity index (χ4v) is 1.94. The molecule has 0 aliphatic heterocycles. The molecule has 90 valence electrons. The van der Waals surface area contributed by atoms with Gasteiger partial charge >= 0.3 is 0 Å². The number of carbonyl (C=O) groups is 1. The Kier molecular flexibility index (Phi) is 4.89. The van der Waals surface area contributed by atoms with Crippen LogP contribution < -0.4 is 11.1 Å². The second-order valence-corrected chi connectivity index (χ2v) is 5.21. The number of nitrogens with two attached hydrogens (primary N) is 1. The third-order valence-corrected chi connectivity index (χ3v) is 3.48. The van der Waals surface area contributed by atoms with E-state index in [0.29, 0.717) is 6.54 Å². The van der Waals surface area contributed by atoms with Crippen LogP contribution in [-0.2, 0) is 4.79 Å². The number of nitrogens with zero attached hydrogens (tertiary/aromatic N) is 1. The SMILES string of the molecule is CC(CNC(=O)[C@@H](N)C(C)C)c1nccs1. The number of hydrogen-bond acceptors (Lipinski definition) is 4. The average molecular weight is 241 g/mol. The van der Waals surface area contributed by atoms with E-state index in [2.05, 4.69) is 10.3 Å². The van der Waals surface area contributed by atoms with Crippen LogP contribution >= 0.6 is 11.3 Å². The minimum absolute atomic E-state index is 0.0848. The molecule has 0 radical (unpaired) electrons. The van der Waals surface area contributed by atoms with Crippen LogP contribution in [-0.4, -0.2) is 23.5 Å². The van der Waals surface area contributed by atoms with Crippen molar-refractivity contribution in [1.29, 1.82) is 0 Å². The molecule has 0 aliphatic rings. The standard InChI is InChI=1S/C11H19N3OS/c1-7(2)9(12)10(15)14-6-8(3)11-13-4-5-16-11/h4-5,7-9H,6,12H2,1-3H3,(H,14,15)/t8?,9-/m0/s1. The molecular weight excluding hydrogens is 222 g/mol. The maximum Gasteiger partial charge on any atom is 0.237 e. The number of hydrogen-bond donors (Lipinski definition) is 2. The fourth-order valence-electron chi connectivity index (χ4n) is 1.24. The largest absolute Gasteiger partial charge is 0.354 e. The highest BCUT2D eigenvalue weighted by Crippen LogP contribution is 2.16. The molecular formula is C11H19N3OS. The number of amides is 1. The number of nitrogens with one attached hydrogen (secondary N) is 1. The van der Waals surface area contributed by atoms with Gasteiger partial charge in [0.15, 0.2) is 0 Å². The van der Waals surface area contributed by atoms with Gasteiger partial charge in [0.05, 0.1) is 11.0 Å². The summed E-state index contributed by atoms with van der Waals surface area (Å²) in [5.74, 6) is 0.317. The molecule has 1 amide bonds. The minimum atomic E-state index is -0.427. The van der Waals surface area contributed by atoms with Gasteiger partial charge in [0.2, 0.25) is 5.91 Å². The van der Waals surface area contributed by atoms with Crippen molar-refractivity contribution < 1.29 is 4.79 Å². The highest BCUT2D eigenvalue weighted by Gasteiger charge is 2.18. The van der Waals surface area contributed by atoms with Gasteiger partial charge in [-0.1, -0.05) is 20.8 Å². The van der Waals surface area contributed by atoms with Crippen molar-refractivity contribution in [2.24, 2.45) is 11.7 Å². The van der Waals surface area contributed by atoms with Crippen molar-refractivity contribution in [1.82, 2.24) is 10.3 Å². The highest BCUT2D eigenvalue weighted by atomic mass is 32.1. The predicted octanol–water partition coefficient (Wildman–Crippen LogP) is 1.35. The summed E-state index contributed by atoms with van der Waals surface area (Å²) in [6.07, 6.45) is 1.78. The molecule has 0 aromatic carbocycles. The molecule has 1 aromatic heterocycles. The van der Waals surface area contributed by atoms with E-state index >= 15 is 0 Å².